The van der Waals surface area contributed by atoms with Crippen LogP contribution in [0, 0.1) is 6.92 Å². The van der Waals surface area contributed by atoms with Crippen molar-refractivity contribution in [3.8, 4) is 11.5 Å². The van der Waals surface area contributed by atoms with Crippen LogP contribution in [0.2, 0.25) is 5.02 Å². The molecule has 0 radical (unpaired) electrons. The Balaban J connectivity index is 1.40. The molecule has 43 heavy (non-hydrogen) atoms. The first-order valence-corrected chi connectivity index (χ1v) is 13.8. The van der Waals surface area contributed by atoms with Gasteiger partial charge in [-0.05, 0) is 79.2 Å². The molecule has 1 aromatic heterocycles. The van der Waals surface area contributed by atoms with E-state index in [-0.39, 0.29) is 24.7 Å². The summed E-state index contributed by atoms with van der Waals surface area (Å²) < 4.78 is 22.7. The molecular formula is C33H30ClNO8. The summed E-state index contributed by atoms with van der Waals surface area (Å²) in [6.07, 6.45) is 1.44. The van der Waals surface area contributed by atoms with Crippen LogP contribution in [0.25, 0.3) is 10.9 Å². The van der Waals surface area contributed by atoms with Crippen molar-refractivity contribution in [1.29, 1.82) is 0 Å². The summed E-state index contributed by atoms with van der Waals surface area (Å²) in [5.41, 5.74) is 2.56. The minimum atomic E-state index is -0.616. The monoisotopic (exact) mass is 603 g/mol. The van der Waals surface area contributed by atoms with Gasteiger partial charge in [0.1, 0.15) is 11.5 Å². The minimum absolute atomic E-state index is 0.154. The van der Waals surface area contributed by atoms with Crippen LogP contribution < -0.4 is 9.47 Å². The van der Waals surface area contributed by atoms with Crippen LogP contribution in [0.5, 0.6) is 11.5 Å². The first-order chi connectivity index (χ1) is 20.7. The maximum Gasteiger partial charge on any atom is 0.330 e. The van der Waals surface area contributed by atoms with Gasteiger partial charge >= 0.3 is 11.9 Å². The third-order valence-electron chi connectivity index (χ3n) is 6.67. The number of nitrogens with zero attached hydrogens (tertiary/aromatic N) is 1. The van der Waals surface area contributed by atoms with Gasteiger partial charge < -0.3 is 18.9 Å². The zero-order valence-electron chi connectivity index (χ0n) is 23.8. The largest absolute Gasteiger partial charge is 0.497 e. The predicted octanol–water partition coefficient (Wildman–Crippen LogP) is 5.77. The van der Waals surface area contributed by atoms with Crippen LogP contribution in [-0.4, -0.2) is 55.1 Å². The van der Waals surface area contributed by atoms with Crippen LogP contribution in [-0.2, 0) is 25.5 Å². The number of carbonyl (C=O) groups is 4. The minimum Gasteiger partial charge on any atom is -0.497 e. The van der Waals surface area contributed by atoms with Crippen LogP contribution in [0.4, 0.5) is 0 Å². The smallest absolute Gasteiger partial charge is 0.330 e. The number of ketones is 1. The third-order valence-corrected chi connectivity index (χ3v) is 6.92. The number of Topliss-reactive ketones (excluding diaryl/α,β-unsaturated/α-hetero) is 1. The van der Waals surface area contributed by atoms with Gasteiger partial charge in [0.05, 0.1) is 32.3 Å². The number of carbonyl (C=O) groups excluding carboxylic acids is 4. The number of benzene rings is 3. The lowest BCUT2D eigenvalue weighted by Crippen LogP contribution is -2.17. The van der Waals surface area contributed by atoms with Crippen LogP contribution in [0.1, 0.15) is 38.4 Å². The van der Waals surface area contributed by atoms with E-state index in [1.807, 2.05) is 0 Å². The van der Waals surface area contributed by atoms with Gasteiger partial charge in [0.25, 0.3) is 5.91 Å². The number of methoxy groups -OCH3 is 1. The average Bonchev–Trinajstić information content (AvgIpc) is 3.29. The van der Waals surface area contributed by atoms with E-state index in [1.54, 1.807) is 78.2 Å². The van der Waals surface area contributed by atoms with Crippen molar-refractivity contribution >= 4 is 46.1 Å². The number of hydrogen-bond donors (Lipinski definition) is 0. The van der Waals surface area contributed by atoms with Gasteiger partial charge in [-0.3, -0.25) is 19.0 Å². The molecule has 0 aliphatic rings. The second kappa shape index (κ2) is 14.3. The van der Waals surface area contributed by atoms with Crippen molar-refractivity contribution < 1.29 is 38.1 Å². The fourth-order valence-corrected chi connectivity index (χ4v) is 4.56. The molecule has 0 amide bonds. The zero-order valence-corrected chi connectivity index (χ0v) is 24.5. The van der Waals surface area contributed by atoms with Gasteiger partial charge in [-0.15, -0.1) is 0 Å². The van der Waals surface area contributed by atoms with Crippen molar-refractivity contribution in [3.63, 3.8) is 0 Å². The summed E-state index contributed by atoms with van der Waals surface area (Å²) in [7, 11) is 1.53. The summed E-state index contributed by atoms with van der Waals surface area (Å²) in [5, 5.41) is 1.18. The molecule has 0 bridgehead atoms. The highest BCUT2D eigenvalue weighted by atomic mass is 35.5. The Morgan fingerprint density at radius 1 is 0.884 bits per heavy atom. The molecule has 10 heteroatoms. The molecule has 0 fully saturated rings. The normalized spacial score (nSPS) is 10.7. The fourth-order valence-electron chi connectivity index (χ4n) is 4.44. The highest BCUT2D eigenvalue weighted by molar-refractivity contribution is 6.30. The highest BCUT2D eigenvalue weighted by Crippen LogP contribution is 2.31. The average molecular weight is 604 g/mol. The van der Waals surface area contributed by atoms with Gasteiger partial charge in [0.15, 0.2) is 12.4 Å². The van der Waals surface area contributed by atoms with Crippen molar-refractivity contribution in [1.82, 2.24) is 4.57 Å². The molecule has 0 N–H and O–H groups in total. The van der Waals surface area contributed by atoms with Gasteiger partial charge in [0.2, 0.25) is 0 Å². The first-order valence-electron chi connectivity index (χ1n) is 13.4. The van der Waals surface area contributed by atoms with Crippen molar-refractivity contribution in [2.75, 3.05) is 26.9 Å². The highest BCUT2D eigenvalue weighted by Gasteiger charge is 2.23. The zero-order chi connectivity index (χ0) is 30.9. The lowest BCUT2D eigenvalue weighted by molar-refractivity contribution is -0.141. The molecule has 4 rings (SSSR count). The standard InChI is InChI=1S/C33H30ClNO8/c1-4-31(37)42-17-5-16-41-25-12-8-22(9-13-25)30(36)20-43-32(38)19-27-21(2)35(29-15-14-26(40-3)18-28(27)29)33(39)23-6-10-24(34)11-7-23/h4,6-15,18H,1,5,16-17,19-20H2,2-3H3. The summed E-state index contributed by atoms with van der Waals surface area (Å²) in [4.78, 5) is 50.1. The Morgan fingerprint density at radius 2 is 1.56 bits per heavy atom. The summed E-state index contributed by atoms with van der Waals surface area (Å²) in [6.45, 7) is 5.17. The summed E-state index contributed by atoms with van der Waals surface area (Å²) in [5.74, 6) is -0.655. The number of ether oxygens (including phenoxy) is 4. The third kappa shape index (κ3) is 7.69. The van der Waals surface area contributed by atoms with Crippen molar-refractivity contribution in [2.45, 2.75) is 19.8 Å². The van der Waals surface area contributed by atoms with E-state index in [9.17, 15) is 19.2 Å². The van der Waals surface area contributed by atoms with E-state index >= 15 is 0 Å². The molecule has 0 spiro atoms. The number of hydrogen-bond acceptors (Lipinski definition) is 8. The Morgan fingerprint density at radius 3 is 2.23 bits per heavy atom. The second-order valence-corrected chi connectivity index (χ2v) is 9.89. The maximum absolute atomic E-state index is 13.5. The van der Waals surface area contributed by atoms with E-state index < -0.39 is 18.5 Å². The number of halogens is 1. The topological polar surface area (TPSA) is 110 Å². The van der Waals surface area contributed by atoms with Crippen molar-refractivity contribution in [3.05, 3.63) is 107 Å². The van der Waals surface area contributed by atoms with Gasteiger partial charge in [0, 0.05) is 39.7 Å². The quantitative estimate of drug-likeness (QED) is 0.0820. The molecule has 222 valence electrons. The Bertz CT molecular complexity index is 1660. The first kappa shape index (κ1) is 31.1. The molecule has 4 aromatic rings. The van der Waals surface area contributed by atoms with Crippen LogP contribution in [0.15, 0.2) is 79.4 Å². The molecule has 0 saturated heterocycles. The second-order valence-electron chi connectivity index (χ2n) is 9.45. The number of aromatic nitrogens is 1. The molecule has 3 aromatic carbocycles. The Hall–Kier alpha value is -4.89. The van der Waals surface area contributed by atoms with E-state index in [4.69, 9.17) is 30.5 Å². The Labute approximate surface area is 253 Å². The molecule has 9 nitrogen and oxygen atoms in total. The van der Waals surface area contributed by atoms with E-state index in [2.05, 4.69) is 6.58 Å². The maximum atomic E-state index is 13.5. The number of fused-ring (bicyclic) bond motifs is 1. The molecule has 0 saturated carbocycles. The van der Waals surface area contributed by atoms with E-state index in [0.717, 1.165) is 6.08 Å². The molecule has 1 heterocycles. The van der Waals surface area contributed by atoms with Gasteiger partial charge in [-0.25, -0.2) is 4.79 Å². The van der Waals surface area contributed by atoms with Crippen LogP contribution in [0.3, 0.4) is 0 Å². The molecule has 0 aliphatic heterocycles. The van der Waals surface area contributed by atoms with Gasteiger partial charge in [-0.1, -0.05) is 18.2 Å². The van der Waals surface area contributed by atoms with E-state index in [0.29, 0.717) is 62.8 Å². The van der Waals surface area contributed by atoms with Crippen molar-refractivity contribution in [2.24, 2.45) is 0 Å². The number of rotatable bonds is 13. The Kier molecular flexibility index (Phi) is 10.3. The molecule has 0 unspecified atom stereocenters. The summed E-state index contributed by atoms with van der Waals surface area (Å²) >= 11 is 5.99. The molecular weight excluding hydrogens is 574 g/mol. The predicted molar refractivity (Wildman–Crippen MR) is 161 cm³/mol. The molecule has 0 atom stereocenters. The molecule has 0 aliphatic carbocycles. The number of esters is 2. The lowest BCUT2D eigenvalue weighted by atomic mass is 10.1. The summed E-state index contributed by atoms with van der Waals surface area (Å²) in [6, 6.07) is 18.3. The van der Waals surface area contributed by atoms with Crippen LogP contribution >= 0.6 is 11.6 Å². The van der Waals surface area contributed by atoms with Gasteiger partial charge in [-0.2, -0.15) is 0 Å². The SMILES string of the molecule is C=CC(=O)OCCCOc1ccc(C(=O)COC(=O)Cc2c(C)n(C(=O)c3ccc(Cl)cc3)c3ccc(OC)cc23)cc1. The fraction of sp³-hybridized carbons (Fsp3) is 0.212. The lowest BCUT2D eigenvalue weighted by Gasteiger charge is -2.09. The van der Waals surface area contributed by atoms with E-state index in [1.165, 1.54) is 7.11 Å².